The predicted octanol–water partition coefficient (Wildman–Crippen LogP) is 8.80. The lowest BCUT2D eigenvalue weighted by Crippen LogP contribution is -2.12. The summed E-state index contributed by atoms with van der Waals surface area (Å²) in [6.45, 7) is 4.73. The van der Waals surface area contributed by atoms with Gasteiger partial charge in [-0.25, -0.2) is 0 Å². The largest absolute Gasteiger partial charge is 0.0648 e. The Labute approximate surface area is 193 Å². The highest BCUT2D eigenvalue weighted by molar-refractivity contribution is 5.85. The van der Waals surface area contributed by atoms with Crippen molar-refractivity contribution in [2.24, 2.45) is 0 Å². The molecule has 0 saturated heterocycles. The van der Waals surface area contributed by atoms with E-state index in [9.17, 15) is 0 Å². The molecule has 32 heavy (non-hydrogen) atoms. The molecule has 0 bridgehead atoms. The Balaban J connectivity index is 1.61. The van der Waals surface area contributed by atoms with Crippen LogP contribution in [0.2, 0.25) is 0 Å². The summed E-state index contributed by atoms with van der Waals surface area (Å²) in [5, 5.41) is 2.75. The number of hydrogen-bond acceptors (Lipinski definition) is 0. The molecule has 162 valence electrons. The molecule has 0 heteroatoms. The van der Waals surface area contributed by atoms with E-state index in [0.29, 0.717) is 11.8 Å². The van der Waals surface area contributed by atoms with E-state index in [1.54, 1.807) is 16.7 Å². The molecule has 0 heterocycles. The van der Waals surface area contributed by atoms with Gasteiger partial charge in [-0.2, -0.15) is 0 Å². The van der Waals surface area contributed by atoms with Crippen molar-refractivity contribution in [3.05, 3.63) is 119 Å². The van der Waals surface area contributed by atoms with Crippen molar-refractivity contribution in [2.75, 3.05) is 0 Å². The van der Waals surface area contributed by atoms with Gasteiger partial charge in [-0.1, -0.05) is 105 Å². The van der Waals surface area contributed by atoms with Gasteiger partial charge in [0.15, 0.2) is 0 Å². The van der Waals surface area contributed by atoms with Crippen molar-refractivity contribution in [1.29, 1.82) is 0 Å². The Hall–Kier alpha value is -2.86. The normalized spacial score (nSPS) is 15.6. The van der Waals surface area contributed by atoms with Gasteiger partial charge in [-0.05, 0) is 88.4 Å². The van der Waals surface area contributed by atoms with Crippen LogP contribution in [0.4, 0.5) is 0 Å². The second-order valence-electron chi connectivity index (χ2n) is 9.66. The first-order valence-electron chi connectivity index (χ1n) is 12.4. The first-order valence-corrected chi connectivity index (χ1v) is 12.4. The van der Waals surface area contributed by atoms with E-state index in [2.05, 4.69) is 105 Å². The average Bonchev–Trinajstić information content (AvgIpc) is 3.69. The zero-order chi connectivity index (χ0) is 21.9. The second-order valence-corrected chi connectivity index (χ2v) is 9.66. The zero-order valence-electron chi connectivity index (χ0n) is 19.4. The summed E-state index contributed by atoms with van der Waals surface area (Å²) >= 11 is 0. The third-order valence-corrected chi connectivity index (χ3v) is 7.41. The fourth-order valence-corrected chi connectivity index (χ4v) is 5.38. The Kier molecular flexibility index (Phi) is 6.12. The third-order valence-electron chi connectivity index (χ3n) is 7.41. The molecule has 1 saturated carbocycles. The predicted molar refractivity (Wildman–Crippen MR) is 138 cm³/mol. The van der Waals surface area contributed by atoms with E-state index in [-0.39, 0.29) is 0 Å². The van der Waals surface area contributed by atoms with Crippen LogP contribution in [0, 0.1) is 0 Å². The van der Waals surface area contributed by atoms with Crippen molar-refractivity contribution >= 4 is 10.8 Å². The highest BCUT2D eigenvalue weighted by atomic mass is 14.4. The zero-order valence-corrected chi connectivity index (χ0v) is 19.4. The van der Waals surface area contributed by atoms with Crippen LogP contribution in [0.25, 0.3) is 10.8 Å². The maximum atomic E-state index is 2.44. The number of benzene rings is 4. The Morgan fingerprint density at radius 3 is 2.19 bits per heavy atom. The highest BCUT2D eigenvalue weighted by Crippen LogP contribution is 2.48. The summed E-state index contributed by atoms with van der Waals surface area (Å²) < 4.78 is 0. The lowest BCUT2D eigenvalue weighted by atomic mass is 9.79. The summed E-state index contributed by atoms with van der Waals surface area (Å²) in [5.41, 5.74) is 7.79. The molecular formula is C32H34. The molecule has 0 spiro atoms. The topological polar surface area (TPSA) is 0 Å². The summed E-state index contributed by atoms with van der Waals surface area (Å²) in [5.74, 6) is 1.88. The molecule has 5 rings (SSSR count). The minimum atomic E-state index is 0.489. The van der Waals surface area contributed by atoms with Crippen molar-refractivity contribution in [3.63, 3.8) is 0 Å². The third kappa shape index (κ3) is 4.37. The van der Waals surface area contributed by atoms with Gasteiger partial charge in [0.1, 0.15) is 0 Å². The van der Waals surface area contributed by atoms with Gasteiger partial charge in [0.25, 0.3) is 0 Å². The fourth-order valence-electron chi connectivity index (χ4n) is 5.38. The van der Waals surface area contributed by atoms with Gasteiger partial charge in [-0.3, -0.25) is 0 Å². The van der Waals surface area contributed by atoms with Crippen molar-refractivity contribution in [1.82, 2.24) is 0 Å². The van der Waals surface area contributed by atoms with Gasteiger partial charge >= 0.3 is 0 Å². The van der Waals surface area contributed by atoms with Gasteiger partial charge in [0.05, 0.1) is 0 Å². The van der Waals surface area contributed by atoms with Crippen molar-refractivity contribution in [3.8, 4) is 0 Å². The fraction of sp³-hybridized carbons (Fsp3) is 0.312. The van der Waals surface area contributed by atoms with Crippen LogP contribution in [-0.4, -0.2) is 0 Å². The summed E-state index contributed by atoms with van der Waals surface area (Å²) in [6, 6.07) is 33.9. The number of hydrogen-bond donors (Lipinski definition) is 0. The van der Waals surface area contributed by atoms with Crippen molar-refractivity contribution < 1.29 is 0 Å². The average molecular weight is 419 g/mol. The van der Waals surface area contributed by atoms with Crippen LogP contribution >= 0.6 is 0 Å². The first-order chi connectivity index (χ1) is 15.7. The molecule has 0 aromatic heterocycles. The highest BCUT2D eigenvalue weighted by Gasteiger charge is 2.32. The van der Waals surface area contributed by atoms with E-state index in [1.165, 1.54) is 41.2 Å². The maximum Gasteiger partial charge on any atom is -0.00779 e. The quantitative estimate of drug-likeness (QED) is 0.268. The molecule has 0 nitrogen and oxygen atoms in total. The van der Waals surface area contributed by atoms with Crippen molar-refractivity contribution in [2.45, 2.75) is 63.7 Å². The smallest absolute Gasteiger partial charge is 0.00779 e. The van der Waals surface area contributed by atoms with Gasteiger partial charge in [-0.15, -0.1) is 0 Å². The SMILES string of the molecule is CCC(C)c1cccc(C(Cc2ccccc2)Cc2cccc3ccccc23)c1C1CC1. The van der Waals surface area contributed by atoms with Crippen LogP contribution in [-0.2, 0) is 12.8 Å². The van der Waals surface area contributed by atoms with E-state index >= 15 is 0 Å². The molecule has 0 amide bonds. The second kappa shape index (κ2) is 9.33. The van der Waals surface area contributed by atoms with E-state index < -0.39 is 0 Å². The molecule has 4 aromatic carbocycles. The molecule has 2 unspecified atom stereocenters. The van der Waals surface area contributed by atoms with Gasteiger partial charge in [0, 0.05) is 0 Å². The molecule has 1 fully saturated rings. The van der Waals surface area contributed by atoms with Crippen LogP contribution in [0.3, 0.4) is 0 Å². The van der Waals surface area contributed by atoms with E-state index in [4.69, 9.17) is 0 Å². The molecule has 0 radical (unpaired) electrons. The standard InChI is InChI=1S/C32H34/c1-3-23(2)29-17-10-18-31(32(29)26-19-20-26)28(21-24-11-5-4-6-12-24)22-27-15-9-14-25-13-7-8-16-30(25)27/h4-18,23,26,28H,3,19-22H2,1-2H3. The molecule has 0 N–H and O–H groups in total. The minimum absolute atomic E-state index is 0.489. The van der Waals surface area contributed by atoms with Crippen LogP contribution in [0.1, 0.15) is 78.7 Å². The van der Waals surface area contributed by atoms with Crippen LogP contribution in [0.15, 0.2) is 91.0 Å². The van der Waals surface area contributed by atoms with Crippen LogP contribution < -0.4 is 0 Å². The molecule has 2 atom stereocenters. The van der Waals surface area contributed by atoms with Gasteiger partial charge < -0.3 is 0 Å². The minimum Gasteiger partial charge on any atom is -0.0648 e. The lowest BCUT2D eigenvalue weighted by molar-refractivity contribution is 0.661. The lowest BCUT2D eigenvalue weighted by Gasteiger charge is -2.26. The summed E-state index contributed by atoms with van der Waals surface area (Å²) in [4.78, 5) is 0. The Morgan fingerprint density at radius 1 is 0.719 bits per heavy atom. The van der Waals surface area contributed by atoms with Crippen LogP contribution in [0.5, 0.6) is 0 Å². The summed E-state index contributed by atoms with van der Waals surface area (Å²) in [6.07, 6.45) is 6.09. The number of fused-ring (bicyclic) bond motifs is 1. The van der Waals surface area contributed by atoms with E-state index in [0.717, 1.165) is 18.8 Å². The molecule has 0 aliphatic heterocycles. The monoisotopic (exact) mass is 418 g/mol. The molecule has 4 aromatic rings. The molecule has 1 aliphatic rings. The Bertz CT molecular complexity index is 1180. The molecular weight excluding hydrogens is 384 g/mol. The first kappa shape index (κ1) is 21.0. The summed E-state index contributed by atoms with van der Waals surface area (Å²) in [7, 11) is 0. The maximum absolute atomic E-state index is 2.44. The Morgan fingerprint density at radius 2 is 1.41 bits per heavy atom. The van der Waals surface area contributed by atoms with Gasteiger partial charge in [0.2, 0.25) is 0 Å². The molecule has 1 aliphatic carbocycles. The number of rotatable bonds is 8. The van der Waals surface area contributed by atoms with E-state index in [1.807, 2.05) is 0 Å².